The molecule has 5 nitrogen and oxygen atoms in total. The fourth-order valence-electron chi connectivity index (χ4n) is 2.99. The first-order valence-corrected chi connectivity index (χ1v) is 7.51. The molecule has 2 atom stereocenters. The van der Waals surface area contributed by atoms with Gasteiger partial charge in [-0.2, -0.15) is 0 Å². The summed E-state index contributed by atoms with van der Waals surface area (Å²) in [7, 11) is 1.65. The zero-order chi connectivity index (χ0) is 15.1. The molecule has 0 aromatic carbocycles. The van der Waals surface area contributed by atoms with Gasteiger partial charge in [0.1, 0.15) is 0 Å². The minimum atomic E-state index is -0.346. The van der Waals surface area contributed by atoms with Gasteiger partial charge in [0.25, 0.3) is 0 Å². The highest BCUT2D eigenvalue weighted by Gasteiger charge is 2.50. The first kappa shape index (κ1) is 17.9. The molecule has 5 heteroatoms. The van der Waals surface area contributed by atoms with Crippen LogP contribution in [0, 0.1) is 10.8 Å². The van der Waals surface area contributed by atoms with Crippen molar-refractivity contribution in [2.24, 2.45) is 16.6 Å². The van der Waals surface area contributed by atoms with Gasteiger partial charge in [0.05, 0.1) is 32.5 Å². The molecule has 0 heterocycles. The van der Waals surface area contributed by atoms with Gasteiger partial charge in [0.15, 0.2) is 0 Å². The molecule has 0 aromatic heterocycles. The summed E-state index contributed by atoms with van der Waals surface area (Å²) in [5.41, 5.74) is 5.70. The van der Waals surface area contributed by atoms with Crippen LogP contribution >= 0.6 is 0 Å². The Morgan fingerprint density at radius 3 is 2.15 bits per heavy atom. The van der Waals surface area contributed by atoms with Crippen LogP contribution in [0.2, 0.25) is 0 Å². The van der Waals surface area contributed by atoms with E-state index >= 15 is 0 Å². The second-order valence-electron chi connectivity index (χ2n) is 6.43. The maximum absolute atomic E-state index is 10.5. The molecule has 1 aliphatic rings. The molecule has 3 N–H and O–H groups in total. The average molecular weight is 289 g/mol. The molecule has 0 bridgehead atoms. The third-order valence-corrected chi connectivity index (χ3v) is 4.54. The summed E-state index contributed by atoms with van der Waals surface area (Å²) in [6, 6.07) is 0. The summed E-state index contributed by atoms with van der Waals surface area (Å²) in [6.07, 6.45) is 2.46. The first-order valence-electron chi connectivity index (χ1n) is 7.51. The van der Waals surface area contributed by atoms with Crippen molar-refractivity contribution in [3.05, 3.63) is 0 Å². The van der Waals surface area contributed by atoms with Gasteiger partial charge in [-0.05, 0) is 24.7 Å². The largest absolute Gasteiger partial charge is 0.392 e. The minimum Gasteiger partial charge on any atom is -0.392 e. The Kier molecular flexibility index (Phi) is 7.40. The molecule has 0 aliphatic heterocycles. The molecular formula is C15H31NO4. The van der Waals surface area contributed by atoms with Crippen LogP contribution in [0.4, 0.5) is 0 Å². The van der Waals surface area contributed by atoms with Crippen LogP contribution in [0.25, 0.3) is 0 Å². The Labute approximate surface area is 122 Å². The van der Waals surface area contributed by atoms with E-state index in [4.69, 9.17) is 19.9 Å². The number of methoxy groups -OCH3 is 1. The van der Waals surface area contributed by atoms with Crippen molar-refractivity contribution in [3.8, 4) is 0 Å². The second-order valence-corrected chi connectivity index (χ2v) is 6.43. The van der Waals surface area contributed by atoms with Crippen molar-refractivity contribution in [2.45, 2.75) is 39.2 Å². The minimum absolute atomic E-state index is 0.0391. The molecule has 1 rings (SSSR count). The highest BCUT2D eigenvalue weighted by Crippen LogP contribution is 2.50. The van der Waals surface area contributed by atoms with Gasteiger partial charge in [-0.1, -0.05) is 13.8 Å². The fraction of sp³-hybridized carbons (Fsp3) is 1.00. The van der Waals surface area contributed by atoms with Gasteiger partial charge in [0.2, 0.25) is 0 Å². The van der Waals surface area contributed by atoms with Gasteiger partial charge in [-0.25, -0.2) is 0 Å². The van der Waals surface area contributed by atoms with Crippen LogP contribution in [0.3, 0.4) is 0 Å². The molecule has 120 valence electrons. The molecule has 0 aromatic rings. The van der Waals surface area contributed by atoms with Crippen molar-refractivity contribution < 1.29 is 19.3 Å². The van der Waals surface area contributed by atoms with E-state index in [1.165, 1.54) is 0 Å². The summed E-state index contributed by atoms with van der Waals surface area (Å²) in [6.45, 7) is 7.72. The molecule has 20 heavy (non-hydrogen) atoms. The Morgan fingerprint density at radius 1 is 1.05 bits per heavy atom. The van der Waals surface area contributed by atoms with Crippen LogP contribution in [-0.4, -0.2) is 57.9 Å². The molecule has 1 fully saturated rings. The molecule has 1 saturated carbocycles. The van der Waals surface area contributed by atoms with Crippen molar-refractivity contribution in [1.29, 1.82) is 0 Å². The molecule has 1 aliphatic carbocycles. The van der Waals surface area contributed by atoms with Crippen molar-refractivity contribution in [2.75, 3.05) is 46.7 Å². The van der Waals surface area contributed by atoms with Crippen LogP contribution in [0.15, 0.2) is 0 Å². The third-order valence-electron chi connectivity index (χ3n) is 4.54. The highest BCUT2D eigenvalue weighted by molar-refractivity contribution is 5.01. The van der Waals surface area contributed by atoms with Gasteiger partial charge >= 0.3 is 0 Å². The Hall–Kier alpha value is -0.200. The predicted molar refractivity (Wildman–Crippen MR) is 78.6 cm³/mol. The maximum atomic E-state index is 10.5. The summed E-state index contributed by atoms with van der Waals surface area (Å²) in [4.78, 5) is 0. The lowest BCUT2D eigenvalue weighted by molar-refractivity contribution is -0.0303. The van der Waals surface area contributed by atoms with Gasteiger partial charge in [-0.3, -0.25) is 0 Å². The van der Waals surface area contributed by atoms with Crippen LogP contribution < -0.4 is 5.73 Å². The van der Waals surface area contributed by atoms with E-state index in [1.54, 1.807) is 7.11 Å². The summed E-state index contributed by atoms with van der Waals surface area (Å²) in [5, 5.41) is 10.5. The molecule has 0 radical (unpaired) electrons. The zero-order valence-corrected chi connectivity index (χ0v) is 13.2. The van der Waals surface area contributed by atoms with Gasteiger partial charge < -0.3 is 25.1 Å². The van der Waals surface area contributed by atoms with E-state index in [2.05, 4.69) is 13.8 Å². The zero-order valence-electron chi connectivity index (χ0n) is 13.2. The monoisotopic (exact) mass is 289 g/mol. The topological polar surface area (TPSA) is 73.9 Å². The van der Waals surface area contributed by atoms with E-state index in [0.717, 1.165) is 19.3 Å². The molecule has 2 unspecified atom stereocenters. The molecule has 0 spiro atoms. The van der Waals surface area contributed by atoms with Crippen LogP contribution in [0.1, 0.15) is 33.1 Å². The number of ether oxygens (including phenoxy) is 3. The number of nitrogens with two attached hydrogens (primary N) is 1. The van der Waals surface area contributed by atoms with Gasteiger partial charge in [-0.15, -0.1) is 0 Å². The second kappa shape index (κ2) is 8.29. The quantitative estimate of drug-likeness (QED) is 0.591. The first-order chi connectivity index (χ1) is 9.48. The standard InChI is InChI=1S/C15H31NO4/c1-14(2)4-5-15(12-16,13(14)17)6-7-19-10-11-20-9-8-18-3/h13,17H,4-12,16H2,1-3H3. The molecular weight excluding hydrogens is 258 g/mol. The van der Waals surface area contributed by atoms with Crippen molar-refractivity contribution in [1.82, 2.24) is 0 Å². The Bertz CT molecular complexity index is 273. The smallest absolute Gasteiger partial charge is 0.0701 e. The van der Waals surface area contributed by atoms with E-state index in [1.807, 2.05) is 0 Å². The van der Waals surface area contributed by atoms with E-state index in [0.29, 0.717) is 39.6 Å². The average Bonchev–Trinajstić information content (AvgIpc) is 2.66. The highest BCUT2D eigenvalue weighted by atomic mass is 16.5. The number of aliphatic hydroxyl groups is 1. The van der Waals surface area contributed by atoms with Crippen molar-refractivity contribution in [3.63, 3.8) is 0 Å². The van der Waals surface area contributed by atoms with Gasteiger partial charge in [0, 0.05) is 25.7 Å². The third kappa shape index (κ3) is 4.67. The Morgan fingerprint density at radius 2 is 1.65 bits per heavy atom. The summed E-state index contributed by atoms with van der Waals surface area (Å²) in [5.74, 6) is 0. The number of hydrogen-bond donors (Lipinski definition) is 2. The summed E-state index contributed by atoms with van der Waals surface area (Å²) < 4.78 is 15.8. The van der Waals surface area contributed by atoms with Crippen LogP contribution in [-0.2, 0) is 14.2 Å². The number of aliphatic hydroxyl groups excluding tert-OH is 1. The van der Waals surface area contributed by atoms with E-state index in [-0.39, 0.29) is 16.9 Å². The normalized spacial score (nSPS) is 28.9. The lowest BCUT2D eigenvalue weighted by atomic mass is 9.76. The predicted octanol–water partition coefficient (Wildman–Crippen LogP) is 1.18. The number of rotatable bonds is 10. The lowest BCUT2D eigenvalue weighted by Gasteiger charge is -2.35. The lowest BCUT2D eigenvalue weighted by Crippen LogP contribution is -2.43. The Balaban J connectivity index is 2.20. The van der Waals surface area contributed by atoms with E-state index < -0.39 is 0 Å². The number of hydrogen-bond acceptors (Lipinski definition) is 5. The molecule has 0 saturated heterocycles. The molecule has 0 amide bonds. The van der Waals surface area contributed by atoms with Crippen molar-refractivity contribution >= 4 is 0 Å². The van der Waals surface area contributed by atoms with E-state index in [9.17, 15) is 5.11 Å². The SMILES string of the molecule is COCCOCCOCCC1(CN)CCC(C)(C)C1O. The fourth-order valence-corrected chi connectivity index (χ4v) is 2.99. The van der Waals surface area contributed by atoms with Crippen LogP contribution in [0.5, 0.6) is 0 Å². The maximum Gasteiger partial charge on any atom is 0.0701 e. The summed E-state index contributed by atoms with van der Waals surface area (Å²) >= 11 is 0.